The number of carbonyl (C=O) groups excluding carboxylic acids is 1. The number of fused-ring (bicyclic) bond motifs is 1. The fourth-order valence-electron chi connectivity index (χ4n) is 5.06. The highest BCUT2D eigenvalue weighted by Gasteiger charge is 2.33. The predicted molar refractivity (Wildman–Crippen MR) is 131 cm³/mol. The van der Waals surface area contributed by atoms with Crippen LogP contribution in [0, 0.1) is 0 Å². The number of rotatable bonds is 6. The number of pyridine rings is 1. The van der Waals surface area contributed by atoms with E-state index in [1.807, 2.05) is 23.2 Å². The molecule has 2 saturated heterocycles. The van der Waals surface area contributed by atoms with E-state index in [4.69, 9.17) is 9.47 Å². The smallest absolute Gasteiger partial charge is 0.257 e. The van der Waals surface area contributed by atoms with Crippen molar-refractivity contribution in [3.8, 4) is 11.5 Å². The first-order valence-electron chi connectivity index (χ1n) is 11.9. The maximum absolute atomic E-state index is 13.4. The van der Waals surface area contributed by atoms with Crippen molar-refractivity contribution in [2.75, 3.05) is 40.4 Å². The van der Waals surface area contributed by atoms with Gasteiger partial charge in [-0.1, -0.05) is 0 Å². The molecule has 35 heavy (non-hydrogen) atoms. The lowest BCUT2D eigenvalue weighted by molar-refractivity contribution is 0.0794. The number of piperidine rings is 1. The predicted octanol–water partition coefficient (Wildman–Crippen LogP) is 3.16. The van der Waals surface area contributed by atoms with Crippen LogP contribution in [0.3, 0.4) is 0 Å². The number of methoxy groups -OCH3 is 2. The van der Waals surface area contributed by atoms with E-state index in [1.165, 1.54) is 24.6 Å². The van der Waals surface area contributed by atoms with Crippen LogP contribution in [-0.2, 0) is 10.0 Å². The Hall–Kier alpha value is -3.11. The molecule has 5 rings (SSSR count). The molecule has 1 amide bonds. The van der Waals surface area contributed by atoms with Crippen molar-refractivity contribution in [3.05, 3.63) is 53.9 Å². The van der Waals surface area contributed by atoms with Gasteiger partial charge in [0, 0.05) is 38.4 Å². The zero-order chi connectivity index (χ0) is 24.6. The van der Waals surface area contributed by atoms with Gasteiger partial charge >= 0.3 is 0 Å². The number of benzene rings is 1. The molecule has 0 atom stereocenters. The van der Waals surface area contributed by atoms with E-state index in [2.05, 4.69) is 5.10 Å². The lowest BCUT2D eigenvalue weighted by atomic mass is 9.90. The normalized spacial score (nSPS) is 17.7. The maximum atomic E-state index is 13.4. The summed E-state index contributed by atoms with van der Waals surface area (Å²) in [6, 6.07) is 8.85. The average molecular weight is 499 g/mol. The van der Waals surface area contributed by atoms with Crippen LogP contribution in [-0.4, -0.2) is 73.5 Å². The highest BCUT2D eigenvalue weighted by Crippen LogP contribution is 2.35. The Morgan fingerprint density at radius 3 is 2.43 bits per heavy atom. The highest BCUT2D eigenvalue weighted by molar-refractivity contribution is 7.89. The molecule has 2 aromatic heterocycles. The van der Waals surface area contributed by atoms with Crippen LogP contribution in [0.1, 0.15) is 47.5 Å². The number of aromatic nitrogens is 2. The van der Waals surface area contributed by atoms with Gasteiger partial charge in [-0.3, -0.25) is 4.79 Å². The van der Waals surface area contributed by atoms with Crippen molar-refractivity contribution in [2.45, 2.75) is 36.5 Å². The van der Waals surface area contributed by atoms with Crippen LogP contribution in [0.4, 0.5) is 0 Å². The summed E-state index contributed by atoms with van der Waals surface area (Å²) in [5.74, 6) is 0.994. The Bertz CT molecular complexity index is 1340. The van der Waals surface area contributed by atoms with Crippen molar-refractivity contribution in [2.24, 2.45) is 0 Å². The summed E-state index contributed by atoms with van der Waals surface area (Å²) in [7, 11) is -0.766. The molecule has 0 aliphatic carbocycles. The second-order valence-electron chi connectivity index (χ2n) is 9.04. The Morgan fingerprint density at radius 1 is 1.00 bits per heavy atom. The number of ether oxygens (including phenoxy) is 2. The third-order valence-corrected chi connectivity index (χ3v) is 9.00. The van der Waals surface area contributed by atoms with Gasteiger partial charge in [-0.25, -0.2) is 12.9 Å². The minimum atomic E-state index is -3.73. The quantitative estimate of drug-likeness (QED) is 0.518. The number of hydrogen-bond donors (Lipinski definition) is 0. The summed E-state index contributed by atoms with van der Waals surface area (Å²) in [6.45, 7) is 2.39. The van der Waals surface area contributed by atoms with E-state index >= 15 is 0 Å². The van der Waals surface area contributed by atoms with Crippen LogP contribution < -0.4 is 9.47 Å². The van der Waals surface area contributed by atoms with E-state index < -0.39 is 10.0 Å². The molecule has 2 aliphatic rings. The van der Waals surface area contributed by atoms with Crippen LogP contribution in [0.15, 0.2) is 47.6 Å². The van der Waals surface area contributed by atoms with E-state index in [1.54, 1.807) is 22.8 Å². The minimum absolute atomic E-state index is 0.0304. The van der Waals surface area contributed by atoms with E-state index in [0.29, 0.717) is 43.0 Å². The summed E-state index contributed by atoms with van der Waals surface area (Å²) in [4.78, 5) is 15.0. The lowest BCUT2D eigenvalue weighted by Gasteiger charge is -2.32. The summed E-state index contributed by atoms with van der Waals surface area (Å²) < 4.78 is 40.6. The van der Waals surface area contributed by atoms with E-state index in [-0.39, 0.29) is 16.7 Å². The molecule has 0 bridgehead atoms. The highest BCUT2D eigenvalue weighted by atomic mass is 32.2. The van der Waals surface area contributed by atoms with E-state index in [9.17, 15) is 13.2 Å². The molecule has 0 radical (unpaired) electrons. The molecular formula is C25H30N4O5S. The van der Waals surface area contributed by atoms with Crippen LogP contribution >= 0.6 is 0 Å². The fraction of sp³-hybridized carbons (Fsp3) is 0.440. The van der Waals surface area contributed by atoms with Crippen molar-refractivity contribution in [1.29, 1.82) is 0 Å². The van der Waals surface area contributed by atoms with Gasteiger partial charge < -0.3 is 14.4 Å². The SMILES string of the molecule is COc1ccc(OC)c(S(=O)(=O)N2CCC(c3ccn4ncc(C(=O)N5CCCC5)c4c3)CC2)c1. The van der Waals surface area contributed by atoms with Gasteiger partial charge in [-0.15, -0.1) is 0 Å². The largest absolute Gasteiger partial charge is 0.497 e. The Balaban J connectivity index is 1.34. The van der Waals surface area contributed by atoms with Crippen LogP contribution in [0.5, 0.6) is 11.5 Å². The topological polar surface area (TPSA) is 93.5 Å². The minimum Gasteiger partial charge on any atom is -0.497 e. The number of carbonyl (C=O) groups is 1. The number of likely N-dealkylation sites (tertiary alicyclic amines) is 1. The lowest BCUT2D eigenvalue weighted by Crippen LogP contribution is -2.38. The third-order valence-electron chi connectivity index (χ3n) is 7.08. The fourth-order valence-corrected chi connectivity index (χ4v) is 6.70. The standard InChI is InChI=1S/C25H30N4O5S/c1-33-20-5-6-23(34-2)24(16-20)35(31,32)28-12-7-18(8-13-28)19-9-14-29-22(15-19)21(17-26-29)25(30)27-10-3-4-11-27/h5-6,9,14-18H,3-4,7-8,10-13H2,1-2H3. The van der Waals surface area contributed by atoms with Gasteiger partial charge in [-0.2, -0.15) is 9.40 Å². The van der Waals surface area contributed by atoms with E-state index in [0.717, 1.165) is 37.0 Å². The average Bonchev–Trinajstić information content (AvgIpc) is 3.58. The number of sulfonamides is 1. The molecule has 1 aromatic carbocycles. The zero-order valence-corrected chi connectivity index (χ0v) is 20.8. The molecule has 2 aliphatic heterocycles. The molecule has 0 N–H and O–H groups in total. The molecule has 3 aromatic rings. The molecule has 2 fully saturated rings. The van der Waals surface area contributed by atoms with Gasteiger partial charge in [0.05, 0.1) is 31.5 Å². The maximum Gasteiger partial charge on any atom is 0.257 e. The molecule has 4 heterocycles. The summed E-state index contributed by atoms with van der Waals surface area (Å²) in [5.41, 5.74) is 2.53. The molecule has 0 spiro atoms. The first kappa shape index (κ1) is 23.6. The van der Waals surface area contributed by atoms with Crippen LogP contribution in [0.25, 0.3) is 5.52 Å². The summed E-state index contributed by atoms with van der Waals surface area (Å²) >= 11 is 0. The Morgan fingerprint density at radius 2 is 1.74 bits per heavy atom. The van der Waals surface area contributed by atoms with Crippen molar-refractivity contribution >= 4 is 21.4 Å². The second-order valence-corrected chi connectivity index (χ2v) is 10.9. The Labute approximate surface area is 205 Å². The second kappa shape index (κ2) is 9.50. The Kier molecular flexibility index (Phi) is 6.41. The monoisotopic (exact) mass is 498 g/mol. The zero-order valence-electron chi connectivity index (χ0n) is 20.0. The van der Waals surface area contributed by atoms with Crippen molar-refractivity contribution < 1.29 is 22.7 Å². The first-order chi connectivity index (χ1) is 16.9. The van der Waals surface area contributed by atoms with Gasteiger partial charge in [0.2, 0.25) is 10.0 Å². The molecule has 186 valence electrons. The number of amides is 1. The van der Waals surface area contributed by atoms with Gasteiger partial charge in [0.15, 0.2) is 0 Å². The molecule has 9 nitrogen and oxygen atoms in total. The number of hydrogen-bond acceptors (Lipinski definition) is 6. The summed E-state index contributed by atoms with van der Waals surface area (Å²) in [5, 5.41) is 4.37. The number of nitrogens with zero attached hydrogens (tertiary/aromatic N) is 4. The summed E-state index contributed by atoms with van der Waals surface area (Å²) in [6.07, 6.45) is 6.99. The van der Waals surface area contributed by atoms with Gasteiger partial charge in [0.1, 0.15) is 16.4 Å². The van der Waals surface area contributed by atoms with Crippen molar-refractivity contribution in [1.82, 2.24) is 18.8 Å². The van der Waals surface area contributed by atoms with Crippen molar-refractivity contribution in [3.63, 3.8) is 0 Å². The van der Waals surface area contributed by atoms with Gasteiger partial charge in [0.25, 0.3) is 5.91 Å². The molecule has 0 saturated carbocycles. The molecule has 0 unspecified atom stereocenters. The third kappa shape index (κ3) is 4.36. The first-order valence-corrected chi connectivity index (χ1v) is 13.3. The van der Waals surface area contributed by atoms with Gasteiger partial charge in [-0.05, 0) is 61.4 Å². The van der Waals surface area contributed by atoms with Crippen LogP contribution in [0.2, 0.25) is 0 Å². The molecule has 10 heteroatoms. The molecular weight excluding hydrogens is 468 g/mol.